The number of carbonyl (C=O) groups is 1. The Labute approximate surface area is 174 Å². The Morgan fingerprint density at radius 2 is 1.73 bits per heavy atom. The molecule has 0 aliphatic heterocycles. The largest absolute Gasteiger partial charge is 0.341 e. The van der Waals surface area contributed by atoms with Gasteiger partial charge in [-0.15, -0.1) is 0 Å². The van der Waals surface area contributed by atoms with E-state index in [2.05, 4.69) is 10.3 Å². The quantitative estimate of drug-likeness (QED) is 0.695. The lowest BCUT2D eigenvalue weighted by atomic mass is 10.0. The zero-order valence-corrected chi connectivity index (χ0v) is 17.3. The van der Waals surface area contributed by atoms with Gasteiger partial charge in [-0.3, -0.25) is 14.2 Å². The number of rotatable bonds is 5. The molecule has 0 spiro atoms. The smallest absolute Gasteiger partial charge is 0.271 e. The number of nitrogens with one attached hydrogen (secondary N) is 1. The van der Waals surface area contributed by atoms with E-state index in [0.29, 0.717) is 17.9 Å². The lowest BCUT2D eigenvalue weighted by molar-refractivity contribution is 0.0924. The molecule has 1 heterocycles. The van der Waals surface area contributed by atoms with Crippen LogP contribution in [0.15, 0.2) is 53.3 Å². The fourth-order valence-electron chi connectivity index (χ4n) is 3.74. The number of aromatic nitrogens is 2. The first kappa shape index (κ1) is 20.0. The van der Waals surface area contributed by atoms with Gasteiger partial charge < -0.3 is 5.32 Å². The second kappa shape index (κ2) is 7.52. The molecule has 5 nitrogen and oxygen atoms in total. The van der Waals surface area contributed by atoms with Gasteiger partial charge in [0.1, 0.15) is 17.3 Å². The number of hydrogen-bond acceptors (Lipinski definition) is 3. The predicted molar refractivity (Wildman–Crippen MR) is 114 cm³/mol. The Bertz CT molecular complexity index is 1160. The SMILES string of the molecule is CCn1c(-c2ccc(C)cc2)nc(C(=O)NC2(c3ccc(F)cc3)CC2)c(C)c1=O. The molecule has 0 unspecified atom stereocenters. The molecule has 1 aromatic heterocycles. The third kappa shape index (κ3) is 3.54. The van der Waals surface area contributed by atoms with E-state index >= 15 is 0 Å². The maximum Gasteiger partial charge on any atom is 0.271 e. The summed E-state index contributed by atoms with van der Waals surface area (Å²) in [5.41, 5.74) is 2.45. The van der Waals surface area contributed by atoms with E-state index in [9.17, 15) is 14.0 Å². The molecule has 1 aliphatic rings. The second-order valence-corrected chi connectivity index (χ2v) is 7.87. The monoisotopic (exact) mass is 405 g/mol. The summed E-state index contributed by atoms with van der Waals surface area (Å²) >= 11 is 0. The van der Waals surface area contributed by atoms with Gasteiger partial charge >= 0.3 is 0 Å². The zero-order chi connectivity index (χ0) is 21.5. The van der Waals surface area contributed by atoms with Crippen LogP contribution < -0.4 is 10.9 Å². The molecule has 1 fully saturated rings. The van der Waals surface area contributed by atoms with E-state index in [4.69, 9.17) is 0 Å². The number of halogens is 1. The molecule has 0 radical (unpaired) electrons. The minimum atomic E-state index is -0.525. The van der Waals surface area contributed by atoms with Crippen molar-refractivity contribution >= 4 is 5.91 Å². The standard InChI is InChI=1S/C24H24FN3O2/c1-4-28-21(17-7-5-15(2)6-8-17)26-20(16(3)23(28)30)22(29)27-24(13-14-24)18-9-11-19(25)12-10-18/h5-12H,4,13-14H2,1-3H3,(H,27,29). The van der Waals surface area contributed by atoms with Crippen LogP contribution in [0.4, 0.5) is 4.39 Å². The van der Waals surface area contributed by atoms with Crippen molar-refractivity contribution in [1.29, 1.82) is 0 Å². The molecule has 1 N–H and O–H groups in total. The van der Waals surface area contributed by atoms with Crippen LogP contribution in [0.1, 0.15) is 46.9 Å². The summed E-state index contributed by atoms with van der Waals surface area (Å²) in [6.07, 6.45) is 1.53. The average molecular weight is 405 g/mol. The van der Waals surface area contributed by atoms with Crippen molar-refractivity contribution in [2.75, 3.05) is 0 Å². The van der Waals surface area contributed by atoms with Gasteiger partial charge in [-0.25, -0.2) is 9.37 Å². The molecular weight excluding hydrogens is 381 g/mol. The van der Waals surface area contributed by atoms with Crippen LogP contribution in [0.3, 0.4) is 0 Å². The minimum Gasteiger partial charge on any atom is -0.341 e. The first-order valence-corrected chi connectivity index (χ1v) is 10.1. The van der Waals surface area contributed by atoms with Crippen LogP contribution in [0.25, 0.3) is 11.4 Å². The number of nitrogens with zero attached hydrogens (tertiary/aromatic N) is 2. The third-order valence-electron chi connectivity index (χ3n) is 5.74. The molecule has 6 heteroatoms. The summed E-state index contributed by atoms with van der Waals surface area (Å²) in [5, 5.41) is 3.04. The van der Waals surface area contributed by atoms with E-state index in [0.717, 1.165) is 29.5 Å². The van der Waals surface area contributed by atoms with E-state index in [-0.39, 0.29) is 23.0 Å². The average Bonchev–Trinajstić information content (AvgIpc) is 3.51. The van der Waals surface area contributed by atoms with Crippen LogP contribution in [0, 0.1) is 19.7 Å². The molecule has 0 saturated heterocycles. The fourth-order valence-corrected chi connectivity index (χ4v) is 3.74. The molecule has 2 aromatic carbocycles. The molecule has 4 rings (SSSR count). The van der Waals surface area contributed by atoms with Gasteiger partial charge in [0, 0.05) is 17.7 Å². The molecule has 1 amide bonds. The van der Waals surface area contributed by atoms with Crippen molar-refractivity contribution in [3.63, 3.8) is 0 Å². The number of carbonyl (C=O) groups excluding carboxylic acids is 1. The van der Waals surface area contributed by atoms with Gasteiger partial charge in [-0.05, 0) is 51.3 Å². The first-order chi connectivity index (χ1) is 14.3. The van der Waals surface area contributed by atoms with E-state index in [1.54, 1.807) is 23.6 Å². The first-order valence-electron chi connectivity index (χ1n) is 10.1. The molecule has 30 heavy (non-hydrogen) atoms. The van der Waals surface area contributed by atoms with Crippen LogP contribution in [0.2, 0.25) is 0 Å². The molecule has 1 aliphatic carbocycles. The molecular formula is C24H24FN3O2. The van der Waals surface area contributed by atoms with Crippen molar-refractivity contribution in [3.8, 4) is 11.4 Å². The van der Waals surface area contributed by atoms with Gasteiger partial charge in [-0.2, -0.15) is 0 Å². The van der Waals surface area contributed by atoms with Crippen molar-refractivity contribution in [2.45, 2.75) is 45.7 Å². The molecule has 154 valence electrons. The number of aryl methyl sites for hydroxylation is 1. The van der Waals surface area contributed by atoms with E-state index < -0.39 is 5.54 Å². The van der Waals surface area contributed by atoms with Crippen molar-refractivity contribution in [1.82, 2.24) is 14.9 Å². The molecule has 3 aromatic rings. The maximum atomic E-state index is 13.3. The highest BCUT2D eigenvalue weighted by Gasteiger charge is 2.46. The minimum absolute atomic E-state index is 0.133. The zero-order valence-electron chi connectivity index (χ0n) is 17.3. The summed E-state index contributed by atoms with van der Waals surface area (Å²) in [6, 6.07) is 13.9. The van der Waals surface area contributed by atoms with Gasteiger partial charge in [0.25, 0.3) is 11.5 Å². The van der Waals surface area contributed by atoms with Crippen molar-refractivity contribution in [2.24, 2.45) is 0 Å². The Morgan fingerprint density at radius 3 is 2.30 bits per heavy atom. The van der Waals surface area contributed by atoms with Crippen LogP contribution >= 0.6 is 0 Å². The lowest BCUT2D eigenvalue weighted by Crippen LogP contribution is -2.38. The lowest BCUT2D eigenvalue weighted by Gasteiger charge is -2.20. The highest BCUT2D eigenvalue weighted by atomic mass is 19.1. The van der Waals surface area contributed by atoms with Crippen LogP contribution in [-0.4, -0.2) is 15.5 Å². The molecule has 0 atom stereocenters. The number of benzene rings is 2. The highest BCUT2D eigenvalue weighted by Crippen LogP contribution is 2.45. The summed E-state index contributed by atoms with van der Waals surface area (Å²) in [7, 11) is 0. The topological polar surface area (TPSA) is 64.0 Å². The van der Waals surface area contributed by atoms with Crippen molar-refractivity contribution in [3.05, 3.63) is 87.1 Å². The summed E-state index contributed by atoms with van der Waals surface area (Å²) < 4.78 is 14.9. The Kier molecular flexibility index (Phi) is 5.02. The van der Waals surface area contributed by atoms with E-state index in [1.807, 2.05) is 38.1 Å². The third-order valence-corrected chi connectivity index (χ3v) is 5.74. The summed E-state index contributed by atoms with van der Waals surface area (Å²) in [4.78, 5) is 30.7. The molecule has 0 bridgehead atoms. The maximum absolute atomic E-state index is 13.3. The Hall–Kier alpha value is -3.28. The van der Waals surface area contributed by atoms with Gasteiger partial charge in [0.2, 0.25) is 0 Å². The number of hydrogen-bond donors (Lipinski definition) is 1. The number of amides is 1. The predicted octanol–water partition coefficient (Wildman–Crippen LogP) is 4.11. The van der Waals surface area contributed by atoms with Gasteiger partial charge in [-0.1, -0.05) is 42.0 Å². The van der Waals surface area contributed by atoms with Gasteiger partial charge in [0.15, 0.2) is 0 Å². The van der Waals surface area contributed by atoms with E-state index in [1.165, 1.54) is 12.1 Å². The Morgan fingerprint density at radius 1 is 1.10 bits per heavy atom. The normalized spacial score (nSPS) is 14.4. The second-order valence-electron chi connectivity index (χ2n) is 7.87. The fraction of sp³-hybridized carbons (Fsp3) is 0.292. The van der Waals surface area contributed by atoms with Crippen LogP contribution in [0.5, 0.6) is 0 Å². The summed E-state index contributed by atoms with van der Waals surface area (Å²) in [5.74, 6) is -0.225. The van der Waals surface area contributed by atoms with Crippen molar-refractivity contribution < 1.29 is 9.18 Å². The Balaban J connectivity index is 1.73. The van der Waals surface area contributed by atoms with Gasteiger partial charge in [0.05, 0.1) is 5.54 Å². The highest BCUT2D eigenvalue weighted by molar-refractivity contribution is 5.95. The summed E-state index contributed by atoms with van der Waals surface area (Å²) in [6.45, 7) is 5.96. The molecule has 1 saturated carbocycles. The van der Waals surface area contributed by atoms with Crippen LogP contribution in [-0.2, 0) is 12.1 Å².